The summed E-state index contributed by atoms with van der Waals surface area (Å²) < 4.78 is 78.0. The Morgan fingerprint density at radius 3 is 1.89 bits per heavy atom. The quantitative estimate of drug-likeness (QED) is 0.704. The lowest BCUT2D eigenvalue weighted by Gasteiger charge is -2.35. The number of amides is 1. The van der Waals surface area contributed by atoms with E-state index in [9.17, 15) is 30.4 Å². The van der Waals surface area contributed by atoms with E-state index < -0.39 is 52.8 Å². The third-order valence-electron chi connectivity index (χ3n) is 4.56. The van der Waals surface area contributed by atoms with Crippen molar-refractivity contribution in [3.05, 3.63) is 29.8 Å². The van der Waals surface area contributed by atoms with Gasteiger partial charge in [-0.1, -0.05) is 6.07 Å². The van der Waals surface area contributed by atoms with Gasteiger partial charge in [0, 0.05) is 26.2 Å². The van der Waals surface area contributed by atoms with Gasteiger partial charge in [0.15, 0.2) is 14.7 Å². The van der Waals surface area contributed by atoms with Crippen molar-refractivity contribution in [3.8, 4) is 0 Å². The van der Waals surface area contributed by atoms with Gasteiger partial charge in [-0.2, -0.15) is 4.31 Å². The van der Waals surface area contributed by atoms with Crippen molar-refractivity contribution in [2.75, 3.05) is 26.2 Å². The third-order valence-corrected chi connectivity index (χ3v) is 9.02. The van der Waals surface area contributed by atoms with Gasteiger partial charge in [0.05, 0.1) is 5.25 Å². The summed E-state index contributed by atoms with van der Waals surface area (Å²) in [6, 6.07) is 2.78. The van der Waals surface area contributed by atoms with Gasteiger partial charge in [0.1, 0.15) is 16.9 Å². The van der Waals surface area contributed by atoms with Crippen molar-refractivity contribution in [1.29, 1.82) is 0 Å². The van der Waals surface area contributed by atoms with Crippen LogP contribution in [0.5, 0.6) is 0 Å². The molecule has 1 unspecified atom stereocenters. The standard InChI is InChI=1S/C16H22F2N2O5S2/c1-11(2)26(22,23)12(3)16(21)19-7-9-20(10-8-19)27(24,25)15-13(17)5-4-6-14(15)18/h4-6,11-12H,7-10H2,1-3H3. The molecule has 27 heavy (non-hydrogen) atoms. The minimum absolute atomic E-state index is 0.0634. The highest BCUT2D eigenvalue weighted by Crippen LogP contribution is 2.24. The van der Waals surface area contributed by atoms with Gasteiger partial charge in [0.25, 0.3) is 0 Å². The minimum atomic E-state index is -4.41. The molecule has 0 aromatic heterocycles. The Labute approximate surface area is 157 Å². The van der Waals surface area contributed by atoms with Gasteiger partial charge in [-0.05, 0) is 32.9 Å². The fraction of sp³-hybridized carbons (Fsp3) is 0.562. The molecule has 1 saturated heterocycles. The molecule has 1 aromatic carbocycles. The fourth-order valence-corrected chi connectivity index (χ4v) is 5.59. The number of carbonyl (C=O) groups excluding carboxylic acids is 1. The second-order valence-corrected chi connectivity index (χ2v) is 11.3. The van der Waals surface area contributed by atoms with Crippen LogP contribution in [-0.4, -0.2) is 68.6 Å². The first kappa shape index (κ1) is 21.7. The van der Waals surface area contributed by atoms with Crippen LogP contribution in [0.2, 0.25) is 0 Å². The lowest BCUT2D eigenvalue weighted by Crippen LogP contribution is -2.54. The van der Waals surface area contributed by atoms with Crippen LogP contribution in [0.15, 0.2) is 23.1 Å². The number of benzene rings is 1. The van der Waals surface area contributed by atoms with Crippen molar-refractivity contribution >= 4 is 25.8 Å². The van der Waals surface area contributed by atoms with E-state index in [-0.39, 0.29) is 26.2 Å². The average Bonchev–Trinajstić information content (AvgIpc) is 2.60. The van der Waals surface area contributed by atoms with Crippen LogP contribution >= 0.6 is 0 Å². The molecule has 7 nitrogen and oxygen atoms in total. The molecule has 1 amide bonds. The molecule has 0 spiro atoms. The molecule has 1 aromatic rings. The van der Waals surface area contributed by atoms with E-state index in [1.807, 2.05) is 0 Å². The summed E-state index contributed by atoms with van der Waals surface area (Å²) in [5.74, 6) is -2.99. The predicted octanol–water partition coefficient (Wildman–Crippen LogP) is 1.01. The van der Waals surface area contributed by atoms with Crippen molar-refractivity contribution in [1.82, 2.24) is 9.21 Å². The van der Waals surface area contributed by atoms with Gasteiger partial charge < -0.3 is 4.90 Å². The highest BCUT2D eigenvalue weighted by atomic mass is 32.2. The molecule has 0 bridgehead atoms. The van der Waals surface area contributed by atoms with Crippen LogP contribution in [-0.2, 0) is 24.7 Å². The van der Waals surface area contributed by atoms with Crippen LogP contribution < -0.4 is 0 Å². The van der Waals surface area contributed by atoms with Crippen molar-refractivity contribution in [2.24, 2.45) is 0 Å². The molecular formula is C16H22F2N2O5S2. The second kappa shape index (κ2) is 7.80. The van der Waals surface area contributed by atoms with E-state index in [1.165, 1.54) is 25.7 Å². The first-order valence-corrected chi connectivity index (χ1v) is 11.4. The molecule has 0 N–H and O–H groups in total. The number of piperazine rings is 1. The van der Waals surface area contributed by atoms with Crippen LogP contribution in [0.3, 0.4) is 0 Å². The summed E-state index contributed by atoms with van der Waals surface area (Å²) in [4.78, 5) is 12.7. The van der Waals surface area contributed by atoms with Crippen molar-refractivity contribution in [3.63, 3.8) is 0 Å². The largest absolute Gasteiger partial charge is 0.339 e. The molecule has 0 aliphatic carbocycles. The van der Waals surface area contributed by atoms with Gasteiger partial charge in [0.2, 0.25) is 15.9 Å². The zero-order chi connectivity index (χ0) is 20.6. The number of hydrogen-bond acceptors (Lipinski definition) is 5. The second-order valence-electron chi connectivity index (χ2n) is 6.56. The first-order chi connectivity index (χ1) is 12.4. The Balaban J connectivity index is 2.14. The number of halogens is 2. The summed E-state index contributed by atoms with van der Waals surface area (Å²) >= 11 is 0. The van der Waals surface area contributed by atoms with Gasteiger partial charge in [-0.3, -0.25) is 4.79 Å². The predicted molar refractivity (Wildman–Crippen MR) is 95.2 cm³/mol. The van der Waals surface area contributed by atoms with Gasteiger partial charge >= 0.3 is 0 Å². The third kappa shape index (κ3) is 4.14. The first-order valence-electron chi connectivity index (χ1n) is 8.36. The van der Waals surface area contributed by atoms with Crippen LogP contribution in [0, 0.1) is 11.6 Å². The Kier molecular flexibility index (Phi) is 6.27. The molecule has 1 fully saturated rings. The lowest BCUT2D eigenvalue weighted by atomic mass is 10.3. The maximum atomic E-state index is 13.8. The van der Waals surface area contributed by atoms with E-state index in [0.29, 0.717) is 0 Å². The molecule has 1 heterocycles. The normalized spacial score (nSPS) is 17.9. The molecule has 2 rings (SSSR count). The molecule has 1 aliphatic heterocycles. The summed E-state index contributed by atoms with van der Waals surface area (Å²) in [5.41, 5.74) is 0. The minimum Gasteiger partial charge on any atom is -0.339 e. The highest BCUT2D eigenvalue weighted by Gasteiger charge is 2.38. The number of nitrogens with zero attached hydrogens (tertiary/aromatic N) is 2. The van der Waals surface area contributed by atoms with Crippen LogP contribution in [0.1, 0.15) is 20.8 Å². The smallest absolute Gasteiger partial charge is 0.249 e. The maximum absolute atomic E-state index is 13.8. The average molecular weight is 424 g/mol. The maximum Gasteiger partial charge on any atom is 0.249 e. The van der Waals surface area contributed by atoms with E-state index in [0.717, 1.165) is 22.5 Å². The summed E-state index contributed by atoms with van der Waals surface area (Å²) in [7, 11) is -8.05. The van der Waals surface area contributed by atoms with E-state index in [2.05, 4.69) is 0 Å². The van der Waals surface area contributed by atoms with Crippen LogP contribution in [0.4, 0.5) is 8.78 Å². The number of hydrogen-bond donors (Lipinski definition) is 0. The fourth-order valence-electron chi connectivity index (χ4n) is 2.81. The van der Waals surface area contributed by atoms with E-state index in [4.69, 9.17) is 0 Å². The molecule has 1 atom stereocenters. The Bertz CT molecular complexity index is 904. The molecule has 152 valence electrons. The topological polar surface area (TPSA) is 91.8 Å². The van der Waals surface area contributed by atoms with Crippen molar-refractivity contribution in [2.45, 2.75) is 36.2 Å². The molecular weight excluding hydrogens is 402 g/mol. The number of sulfonamides is 1. The highest BCUT2D eigenvalue weighted by molar-refractivity contribution is 7.93. The zero-order valence-corrected chi connectivity index (χ0v) is 16.9. The number of rotatable bonds is 5. The summed E-state index contributed by atoms with van der Waals surface area (Å²) in [5, 5.41) is -1.97. The molecule has 0 saturated carbocycles. The Morgan fingerprint density at radius 1 is 0.963 bits per heavy atom. The molecule has 11 heteroatoms. The van der Waals surface area contributed by atoms with Gasteiger partial charge in [-0.25, -0.2) is 25.6 Å². The van der Waals surface area contributed by atoms with E-state index >= 15 is 0 Å². The molecule has 1 aliphatic rings. The monoisotopic (exact) mass is 424 g/mol. The van der Waals surface area contributed by atoms with Crippen molar-refractivity contribution < 1.29 is 30.4 Å². The number of carbonyl (C=O) groups is 1. The number of sulfone groups is 1. The lowest BCUT2D eigenvalue weighted by molar-refractivity contribution is -0.131. The Morgan fingerprint density at radius 2 is 1.44 bits per heavy atom. The zero-order valence-electron chi connectivity index (χ0n) is 15.2. The Hall–Kier alpha value is -1.59. The van der Waals surface area contributed by atoms with E-state index in [1.54, 1.807) is 0 Å². The molecule has 0 radical (unpaired) electrons. The summed E-state index contributed by atoms with van der Waals surface area (Å²) in [6.45, 7) is 3.76. The van der Waals surface area contributed by atoms with Crippen LogP contribution in [0.25, 0.3) is 0 Å². The summed E-state index contributed by atoms with van der Waals surface area (Å²) in [6.07, 6.45) is 0. The SMILES string of the molecule is CC(C)S(=O)(=O)C(C)C(=O)N1CCN(S(=O)(=O)c2c(F)cccc2F)CC1. The van der Waals surface area contributed by atoms with Gasteiger partial charge in [-0.15, -0.1) is 0 Å².